The van der Waals surface area contributed by atoms with Crippen LogP contribution in [0, 0.1) is 0 Å². The molecule has 1 aromatic heterocycles. The second-order valence-electron chi connectivity index (χ2n) is 3.64. The molecule has 0 bridgehead atoms. The number of aryl methyl sites for hydroxylation is 1. The third-order valence-corrected chi connectivity index (χ3v) is 2.72. The fraction of sp³-hybridized carbons (Fsp3) is 0.364. The quantitative estimate of drug-likeness (QED) is 0.863. The zero-order chi connectivity index (χ0) is 10.8. The summed E-state index contributed by atoms with van der Waals surface area (Å²) in [5.41, 5.74) is 3.39. The first kappa shape index (κ1) is 10.5. The molecular weight excluding hydrogens is 210 g/mol. The number of aromatic nitrogens is 2. The van der Waals surface area contributed by atoms with Gasteiger partial charge < -0.3 is 9.88 Å². The van der Waals surface area contributed by atoms with Crippen molar-refractivity contribution in [1.29, 1.82) is 0 Å². The van der Waals surface area contributed by atoms with Crippen LogP contribution >= 0.6 is 11.6 Å². The molecule has 0 saturated heterocycles. The van der Waals surface area contributed by atoms with Gasteiger partial charge in [0, 0.05) is 12.1 Å². The van der Waals surface area contributed by atoms with E-state index in [0.29, 0.717) is 0 Å². The Bertz CT molecular complexity index is 476. The maximum atomic E-state index is 6.04. The van der Waals surface area contributed by atoms with E-state index in [1.807, 2.05) is 37.1 Å². The highest BCUT2D eigenvalue weighted by atomic mass is 35.5. The van der Waals surface area contributed by atoms with Gasteiger partial charge in [0.15, 0.2) is 0 Å². The van der Waals surface area contributed by atoms with Gasteiger partial charge in [-0.15, -0.1) is 0 Å². The first-order valence-corrected chi connectivity index (χ1v) is 5.34. The summed E-state index contributed by atoms with van der Waals surface area (Å²) in [6.45, 7) is 0.945. The van der Waals surface area contributed by atoms with Crippen molar-refractivity contribution < 1.29 is 0 Å². The second kappa shape index (κ2) is 4.21. The van der Waals surface area contributed by atoms with E-state index in [0.717, 1.165) is 23.5 Å². The molecule has 0 spiro atoms. The van der Waals surface area contributed by atoms with E-state index < -0.39 is 0 Å². The van der Waals surface area contributed by atoms with Gasteiger partial charge in [-0.25, -0.2) is 4.98 Å². The van der Waals surface area contributed by atoms with Crippen LogP contribution in [0.5, 0.6) is 0 Å². The fourth-order valence-corrected chi connectivity index (χ4v) is 2.04. The highest BCUT2D eigenvalue weighted by molar-refractivity contribution is 6.31. The summed E-state index contributed by atoms with van der Waals surface area (Å²) in [4.78, 5) is 4.31. The van der Waals surface area contributed by atoms with E-state index in [1.54, 1.807) is 0 Å². The Hall–Kier alpha value is -1.06. The summed E-state index contributed by atoms with van der Waals surface area (Å²) in [6, 6.07) is 3.92. The standard InChI is InChI=1S/C11H14ClN3/c1-13-4-3-8-5-9(12)6-10-11(8)15(2)7-14-10/h5-7,13H,3-4H2,1-2H3. The van der Waals surface area contributed by atoms with E-state index in [4.69, 9.17) is 11.6 Å². The predicted octanol–water partition coefficient (Wildman–Crippen LogP) is 1.99. The molecule has 15 heavy (non-hydrogen) atoms. The topological polar surface area (TPSA) is 29.9 Å². The molecule has 0 saturated carbocycles. The molecule has 0 aliphatic carbocycles. The number of halogens is 1. The van der Waals surface area contributed by atoms with Crippen molar-refractivity contribution in [3.05, 3.63) is 29.0 Å². The Kier molecular flexibility index (Phi) is 2.93. The maximum Gasteiger partial charge on any atom is 0.0955 e. The highest BCUT2D eigenvalue weighted by Crippen LogP contribution is 2.22. The average Bonchev–Trinajstić information content (AvgIpc) is 2.56. The Morgan fingerprint density at radius 2 is 2.27 bits per heavy atom. The van der Waals surface area contributed by atoms with Crippen molar-refractivity contribution >= 4 is 22.6 Å². The number of fused-ring (bicyclic) bond motifs is 1. The molecular formula is C11H14ClN3. The lowest BCUT2D eigenvalue weighted by atomic mass is 10.1. The lowest BCUT2D eigenvalue weighted by Crippen LogP contribution is -2.11. The van der Waals surface area contributed by atoms with E-state index in [2.05, 4.69) is 10.3 Å². The first-order valence-electron chi connectivity index (χ1n) is 4.96. The van der Waals surface area contributed by atoms with Gasteiger partial charge in [0.2, 0.25) is 0 Å². The largest absolute Gasteiger partial charge is 0.334 e. The number of hydrogen-bond acceptors (Lipinski definition) is 2. The van der Waals surface area contributed by atoms with Gasteiger partial charge in [-0.1, -0.05) is 11.6 Å². The van der Waals surface area contributed by atoms with Crippen LogP contribution in [0.1, 0.15) is 5.56 Å². The van der Waals surface area contributed by atoms with Crippen LogP contribution in [0.3, 0.4) is 0 Å². The Balaban J connectivity index is 2.53. The van der Waals surface area contributed by atoms with Crippen LogP contribution in [-0.2, 0) is 13.5 Å². The minimum absolute atomic E-state index is 0.757. The normalized spacial score (nSPS) is 11.1. The maximum absolute atomic E-state index is 6.04. The zero-order valence-electron chi connectivity index (χ0n) is 8.92. The summed E-state index contributed by atoms with van der Waals surface area (Å²) < 4.78 is 2.04. The molecule has 1 N–H and O–H groups in total. The van der Waals surface area contributed by atoms with Crippen molar-refractivity contribution in [3.63, 3.8) is 0 Å². The Morgan fingerprint density at radius 1 is 1.47 bits per heavy atom. The first-order chi connectivity index (χ1) is 7.22. The Labute approximate surface area is 94.1 Å². The van der Waals surface area contributed by atoms with Crippen molar-refractivity contribution in [1.82, 2.24) is 14.9 Å². The van der Waals surface area contributed by atoms with Crippen LogP contribution in [-0.4, -0.2) is 23.1 Å². The summed E-state index contributed by atoms with van der Waals surface area (Å²) in [5, 5.41) is 3.90. The van der Waals surface area contributed by atoms with E-state index in [-0.39, 0.29) is 0 Å². The fourth-order valence-electron chi connectivity index (χ4n) is 1.80. The monoisotopic (exact) mass is 223 g/mol. The van der Waals surface area contributed by atoms with Gasteiger partial charge in [-0.05, 0) is 37.7 Å². The third kappa shape index (κ3) is 1.98. The molecule has 4 heteroatoms. The average molecular weight is 224 g/mol. The molecule has 0 aliphatic heterocycles. The number of rotatable bonds is 3. The summed E-state index contributed by atoms with van der Waals surface area (Å²) in [6.07, 6.45) is 2.79. The second-order valence-corrected chi connectivity index (χ2v) is 4.08. The number of hydrogen-bond donors (Lipinski definition) is 1. The van der Waals surface area contributed by atoms with Crippen LogP contribution < -0.4 is 5.32 Å². The van der Waals surface area contributed by atoms with Crippen molar-refractivity contribution in [2.75, 3.05) is 13.6 Å². The third-order valence-electron chi connectivity index (χ3n) is 2.50. The summed E-state index contributed by atoms with van der Waals surface area (Å²) in [5.74, 6) is 0. The molecule has 1 aromatic carbocycles. The van der Waals surface area contributed by atoms with Crippen molar-refractivity contribution in [2.24, 2.45) is 7.05 Å². The van der Waals surface area contributed by atoms with Crippen LogP contribution in [0.2, 0.25) is 5.02 Å². The number of nitrogens with one attached hydrogen (secondary N) is 1. The summed E-state index contributed by atoms with van der Waals surface area (Å²) >= 11 is 6.04. The van der Waals surface area contributed by atoms with Gasteiger partial charge in [0.1, 0.15) is 0 Å². The Morgan fingerprint density at radius 3 is 3.00 bits per heavy atom. The lowest BCUT2D eigenvalue weighted by Gasteiger charge is -2.05. The molecule has 3 nitrogen and oxygen atoms in total. The molecule has 0 amide bonds. The minimum Gasteiger partial charge on any atom is -0.334 e. The van der Waals surface area contributed by atoms with Crippen LogP contribution in [0.4, 0.5) is 0 Å². The SMILES string of the molecule is CNCCc1cc(Cl)cc2ncn(C)c12. The van der Waals surface area contributed by atoms with Gasteiger partial charge in [-0.2, -0.15) is 0 Å². The summed E-state index contributed by atoms with van der Waals surface area (Å²) in [7, 11) is 3.96. The van der Waals surface area contributed by atoms with Gasteiger partial charge >= 0.3 is 0 Å². The van der Waals surface area contributed by atoms with Crippen LogP contribution in [0.15, 0.2) is 18.5 Å². The zero-order valence-corrected chi connectivity index (χ0v) is 9.67. The molecule has 80 valence electrons. The molecule has 0 aliphatic rings. The van der Waals surface area contributed by atoms with Crippen molar-refractivity contribution in [2.45, 2.75) is 6.42 Å². The molecule has 2 aromatic rings. The molecule has 0 atom stereocenters. The molecule has 2 rings (SSSR count). The minimum atomic E-state index is 0.757. The van der Waals surface area contributed by atoms with Gasteiger partial charge in [0.25, 0.3) is 0 Å². The smallest absolute Gasteiger partial charge is 0.0955 e. The predicted molar refractivity (Wildman–Crippen MR) is 63.4 cm³/mol. The number of imidazole rings is 1. The van der Waals surface area contributed by atoms with Gasteiger partial charge in [0.05, 0.1) is 17.4 Å². The lowest BCUT2D eigenvalue weighted by molar-refractivity contribution is 0.791. The van der Waals surface area contributed by atoms with Gasteiger partial charge in [-0.3, -0.25) is 0 Å². The van der Waals surface area contributed by atoms with Crippen molar-refractivity contribution in [3.8, 4) is 0 Å². The number of nitrogens with zero attached hydrogens (tertiary/aromatic N) is 2. The number of likely N-dealkylation sites (N-methyl/N-ethyl adjacent to an activating group) is 1. The number of benzene rings is 1. The molecule has 0 unspecified atom stereocenters. The molecule has 0 radical (unpaired) electrons. The van der Waals surface area contributed by atoms with E-state index >= 15 is 0 Å². The molecule has 1 heterocycles. The van der Waals surface area contributed by atoms with E-state index in [9.17, 15) is 0 Å². The van der Waals surface area contributed by atoms with E-state index in [1.165, 1.54) is 11.1 Å². The molecule has 0 fully saturated rings. The van der Waals surface area contributed by atoms with Crippen LogP contribution in [0.25, 0.3) is 11.0 Å². The highest BCUT2D eigenvalue weighted by Gasteiger charge is 2.07.